The van der Waals surface area contributed by atoms with E-state index in [0.29, 0.717) is 12.1 Å². The number of amides is 1. The Kier molecular flexibility index (Phi) is 5.68. The van der Waals surface area contributed by atoms with Gasteiger partial charge < -0.3 is 10.4 Å². The van der Waals surface area contributed by atoms with Crippen LogP contribution in [0, 0.1) is 25.6 Å². The minimum absolute atomic E-state index is 0.264. The average molecular weight is 329 g/mol. The van der Waals surface area contributed by atoms with E-state index >= 15 is 0 Å². The number of halogens is 1. The van der Waals surface area contributed by atoms with Crippen LogP contribution in [0.4, 0.5) is 10.1 Å². The molecule has 0 fully saturated rings. The standard InChI is InChI=1S/C19H20FNO3/c1-12-7-13(2)9-14(8-12)10-15(11-18(22)23)19(24)21-17-5-3-16(20)4-6-17/h3-9,15H,10-11H2,1-2H3,(H,21,24)(H,22,23). The number of carboxylic acids is 1. The Bertz CT molecular complexity index is 721. The Morgan fingerprint density at radius 3 is 2.21 bits per heavy atom. The summed E-state index contributed by atoms with van der Waals surface area (Å²) >= 11 is 0. The van der Waals surface area contributed by atoms with Gasteiger partial charge in [0.1, 0.15) is 5.82 Å². The summed E-state index contributed by atoms with van der Waals surface area (Å²) in [7, 11) is 0. The van der Waals surface area contributed by atoms with Crippen molar-refractivity contribution >= 4 is 17.6 Å². The van der Waals surface area contributed by atoms with Crippen molar-refractivity contribution in [3.63, 3.8) is 0 Å². The van der Waals surface area contributed by atoms with Crippen LogP contribution < -0.4 is 5.32 Å². The van der Waals surface area contributed by atoms with Gasteiger partial charge in [0.2, 0.25) is 5.91 Å². The minimum atomic E-state index is -1.03. The van der Waals surface area contributed by atoms with Gasteiger partial charge in [-0.1, -0.05) is 29.3 Å². The highest BCUT2D eigenvalue weighted by molar-refractivity contribution is 5.94. The molecule has 24 heavy (non-hydrogen) atoms. The SMILES string of the molecule is Cc1cc(C)cc(CC(CC(=O)O)C(=O)Nc2ccc(F)cc2)c1. The summed E-state index contributed by atoms with van der Waals surface area (Å²) in [6, 6.07) is 11.3. The maximum atomic E-state index is 12.9. The first-order valence-electron chi connectivity index (χ1n) is 7.69. The van der Waals surface area contributed by atoms with Crippen LogP contribution in [0.25, 0.3) is 0 Å². The molecule has 126 valence electrons. The number of hydrogen-bond acceptors (Lipinski definition) is 2. The highest BCUT2D eigenvalue weighted by Crippen LogP contribution is 2.18. The van der Waals surface area contributed by atoms with Crippen molar-refractivity contribution in [1.82, 2.24) is 0 Å². The van der Waals surface area contributed by atoms with E-state index in [1.165, 1.54) is 24.3 Å². The van der Waals surface area contributed by atoms with Gasteiger partial charge in [-0.3, -0.25) is 9.59 Å². The normalized spacial score (nSPS) is 11.8. The van der Waals surface area contributed by atoms with Crippen LogP contribution in [0.15, 0.2) is 42.5 Å². The number of rotatable bonds is 6. The number of hydrogen-bond donors (Lipinski definition) is 2. The monoisotopic (exact) mass is 329 g/mol. The Morgan fingerprint density at radius 1 is 1.08 bits per heavy atom. The number of nitrogens with one attached hydrogen (secondary N) is 1. The molecule has 1 atom stereocenters. The molecule has 1 unspecified atom stereocenters. The molecule has 0 bridgehead atoms. The molecule has 0 radical (unpaired) electrons. The molecule has 2 aromatic rings. The smallest absolute Gasteiger partial charge is 0.304 e. The molecule has 0 aliphatic heterocycles. The lowest BCUT2D eigenvalue weighted by Crippen LogP contribution is -2.27. The Hall–Kier alpha value is -2.69. The van der Waals surface area contributed by atoms with Gasteiger partial charge >= 0.3 is 5.97 Å². The molecule has 5 heteroatoms. The summed E-state index contributed by atoms with van der Waals surface area (Å²) in [5, 5.41) is 11.7. The molecule has 0 aromatic heterocycles. The molecule has 0 spiro atoms. The lowest BCUT2D eigenvalue weighted by atomic mass is 9.93. The molecule has 0 saturated heterocycles. The summed E-state index contributed by atoms with van der Waals surface area (Å²) in [4.78, 5) is 23.5. The van der Waals surface area contributed by atoms with Crippen molar-refractivity contribution in [2.24, 2.45) is 5.92 Å². The van der Waals surface area contributed by atoms with Crippen LogP contribution in [0.5, 0.6) is 0 Å². The molecule has 2 aromatic carbocycles. The van der Waals surface area contributed by atoms with Gasteiger partial charge in [0, 0.05) is 5.69 Å². The van der Waals surface area contributed by atoms with Crippen molar-refractivity contribution in [2.45, 2.75) is 26.7 Å². The number of benzene rings is 2. The number of aryl methyl sites for hydroxylation is 2. The first-order chi connectivity index (χ1) is 11.3. The van der Waals surface area contributed by atoms with E-state index in [1.54, 1.807) is 0 Å². The third kappa shape index (κ3) is 5.19. The number of anilines is 1. The molecule has 2 N–H and O–H groups in total. The Balaban J connectivity index is 2.15. The van der Waals surface area contributed by atoms with Crippen molar-refractivity contribution in [3.05, 3.63) is 65.0 Å². The van der Waals surface area contributed by atoms with E-state index in [0.717, 1.165) is 16.7 Å². The van der Waals surface area contributed by atoms with Crippen LogP contribution in [0.3, 0.4) is 0 Å². The molecular formula is C19H20FNO3. The van der Waals surface area contributed by atoms with Gasteiger partial charge in [0.15, 0.2) is 0 Å². The number of aliphatic carboxylic acids is 1. The summed E-state index contributed by atoms with van der Waals surface area (Å²) in [6.45, 7) is 3.92. The Labute approximate surface area is 140 Å². The van der Waals surface area contributed by atoms with Crippen LogP contribution >= 0.6 is 0 Å². The summed E-state index contributed by atoms with van der Waals surface area (Å²) in [5.74, 6) is -2.51. The molecule has 0 heterocycles. The Morgan fingerprint density at radius 2 is 1.67 bits per heavy atom. The fourth-order valence-electron chi connectivity index (χ4n) is 2.72. The second kappa shape index (κ2) is 7.73. The fourth-order valence-corrected chi connectivity index (χ4v) is 2.72. The van der Waals surface area contributed by atoms with E-state index in [9.17, 15) is 14.0 Å². The molecule has 2 rings (SSSR count). The van der Waals surface area contributed by atoms with Crippen molar-refractivity contribution in [2.75, 3.05) is 5.32 Å². The van der Waals surface area contributed by atoms with Gasteiger partial charge in [-0.05, 0) is 50.1 Å². The van der Waals surface area contributed by atoms with Gasteiger partial charge in [0.05, 0.1) is 12.3 Å². The highest BCUT2D eigenvalue weighted by atomic mass is 19.1. The topological polar surface area (TPSA) is 66.4 Å². The zero-order valence-electron chi connectivity index (χ0n) is 13.7. The quantitative estimate of drug-likeness (QED) is 0.849. The number of carbonyl (C=O) groups excluding carboxylic acids is 1. The lowest BCUT2D eigenvalue weighted by Gasteiger charge is -2.16. The molecule has 1 amide bonds. The van der Waals surface area contributed by atoms with E-state index in [1.807, 2.05) is 32.0 Å². The largest absolute Gasteiger partial charge is 0.481 e. The molecule has 4 nitrogen and oxygen atoms in total. The predicted octanol–water partition coefficient (Wildman–Crippen LogP) is 3.71. The third-order valence-electron chi connectivity index (χ3n) is 3.67. The first-order valence-corrected chi connectivity index (χ1v) is 7.69. The molecule has 0 saturated carbocycles. The molecule has 0 aliphatic carbocycles. The minimum Gasteiger partial charge on any atom is -0.481 e. The van der Waals surface area contributed by atoms with Crippen LogP contribution in [0.2, 0.25) is 0 Å². The van der Waals surface area contributed by atoms with Crippen molar-refractivity contribution in [1.29, 1.82) is 0 Å². The van der Waals surface area contributed by atoms with Crippen molar-refractivity contribution in [3.8, 4) is 0 Å². The summed E-state index contributed by atoms with van der Waals surface area (Å²) in [5.41, 5.74) is 3.50. The maximum Gasteiger partial charge on any atom is 0.304 e. The second-order valence-corrected chi connectivity index (χ2v) is 5.99. The second-order valence-electron chi connectivity index (χ2n) is 5.99. The van der Waals surface area contributed by atoms with E-state index in [2.05, 4.69) is 5.32 Å². The van der Waals surface area contributed by atoms with E-state index in [-0.39, 0.29) is 12.3 Å². The first kappa shape index (κ1) is 17.7. The lowest BCUT2D eigenvalue weighted by molar-refractivity contribution is -0.140. The molecule has 0 aliphatic rings. The molecular weight excluding hydrogens is 309 g/mol. The van der Waals surface area contributed by atoms with Gasteiger partial charge in [-0.25, -0.2) is 4.39 Å². The van der Waals surface area contributed by atoms with E-state index in [4.69, 9.17) is 5.11 Å². The van der Waals surface area contributed by atoms with Crippen LogP contribution in [-0.4, -0.2) is 17.0 Å². The van der Waals surface area contributed by atoms with Crippen LogP contribution in [-0.2, 0) is 16.0 Å². The summed E-state index contributed by atoms with van der Waals surface area (Å²) < 4.78 is 12.9. The van der Waals surface area contributed by atoms with Gasteiger partial charge in [-0.15, -0.1) is 0 Å². The highest BCUT2D eigenvalue weighted by Gasteiger charge is 2.22. The zero-order chi connectivity index (χ0) is 17.7. The van der Waals surface area contributed by atoms with Gasteiger partial charge in [0.25, 0.3) is 0 Å². The van der Waals surface area contributed by atoms with Crippen LogP contribution in [0.1, 0.15) is 23.1 Å². The van der Waals surface area contributed by atoms with E-state index < -0.39 is 17.7 Å². The zero-order valence-corrected chi connectivity index (χ0v) is 13.7. The third-order valence-corrected chi connectivity index (χ3v) is 3.67. The average Bonchev–Trinajstić information content (AvgIpc) is 2.47. The van der Waals surface area contributed by atoms with Crippen molar-refractivity contribution < 1.29 is 19.1 Å². The maximum absolute atomic E-state index is 12.9. The predicted molar refractivity (Wildman–Crippen MR) is 90.4 cm³/mol. The number of carboxylic acid groups (broad SMARTS) is 1. The number of carbonyl (C=O) groups is 2. The fraction of sp³-hybridized carbons (Fsp3) is 0.263. The summed E-state index contributed by atoms with van der Waals surface area (Å²) in [6.07, 6.45) is 0.0713. The van der Waals surface area contributed by atoms with Gasteiger partial charge in [-0.2, -0.15) is 0 Å².